The minimum absolute atomic E-state index is 0.806. The summed E-state index contributed by atoms with van der Waals surface area (Å²) < 4.78 is 10.9. The Morgan fingerprint density at radius 2 is 1.57 bits per heavy atom. The van der Waals surface area contributed by atoms with Crippen molar-refractivity contribution < 1.29 is 9.47 Å². The molecule has 0 saturated carbocycles. The van der Waals surface area contributed by atoms with Gasteiger partial charge in [-0.05, 0) is 41.7 Å². The molecule has 0 unspecified atom stereocenters. The maximum Gasteiger partial charge on any atom is 0.161 e. The summed E-state index contributed by atoms with van der Waals surface area (Å²) in [5.74, 6) is 1.62. The molecular weight excluding hydrogens is 262 g/mol. The predicted molar refractivity (Wildman–Crippen MR) is 84.6 cm³/mol. The third-order valence-electron chi connectivity index (χ3n) is 4.64. The lowest BCUT2D eigenvalue weighted by molar-refractivity contribution is 0.354. The van der Waals surface area contributed by atoms with Gasteiger partial charge in [0, 0.05) is 24.3 Å². The molecule has 0 spiro atoms. The van der Waals surface area contributed by atoms with E-state index in [0.717, 1.165) is 37.4 Å². The van der Waals surface area contributed by atoms with Crippen LogP contribution in [-0.2, 0) is 12.8 Å². The Kier molecular flexibility index (Phi) is 2.81. The third kappa shape index (κ3) is 1.80. The Morgan fingerprint density at radius 1 is 0.857 bits per heavy atom. The van der Waals surface area contributed by atoms with Crippen LogP contribution in [-0.4, -0.2) is 27.3 Å². The topological polar surface area (TPSA) is 21.7 Å². The van der Waals surface area contributed by atoms with Crippen LogP contribution < -0.4 is 14.4 Å². The summed E-state index contributed by atoms with van der Waals surface area (Å²) in [5, 5.41) is 0. The number of fused-ring (bicyclic) bond motifs is 2. The highest BCUT2D eigenvalue weighted by molar-refractivity contribution is 5.86. The van der Waals surface area contributed by atoms with Gasteiger partial charge in [-0.2, -0.15) is 0 Å². The molecule has 0 aromatic heterocycles. The Bertz CT molecular complexity index is 709. The molecule has 0 fully saturated rings. The zero-order valence-corrected chi connectivity index (χ0v) is 12.5. The van der Waals surface area contributed by atoms with Crippen molar-refractivity contribution in [1.29, 1.82) is 0 Å². The van der Waals surface area contributed by atoms with E-state index >= 15 is 0 Å². The fourth-order valence-corrected chi connectivity index (χ4v) is 3.61. The number of nitrogens with zero attached hydrogens (tertiary/aromatic N) is 1. The number of rotatable bonds is 2. The number of hydrogen-bond acceptors (Lipinski definition) is 3. The van der Waals surface area contributed by atoms with E-state index in [1.165, 1.54) is 27.9 Å². The number of ether oxygens (including phenoxy) is 2. The maximum atomic E-state index is 5.49. The quantitative estimate of drug-likeness (QED) is 0.843. The summed E-state index contributed by atoms with van der Waals surface area (Å²) in [6.07, 6.45) is 2.20. The molecule has 2 heterocycles. The molecule has 2 aromatic carbocycles. The van der Waals surface area contributed by atoms with E-state index in [0.29, 0.717) is 0 Å². The van der Waals surface area contributed by atoms with Crippen LogP contribution in [0.1, 0.15) is 11.1 Å². The minimum atomic E-state index is 0.806. The molecule has 0 amide bonds. The number of hydrogen-bond donors (Lipinski definition) is 0. The first-order valence-electron chi connectivity index (χ1n) is 7.44. The molecule has 0 atom stereocenters. The average Bonchev–Trinajstić information content (AvgIpc) is 2.88. The van der Waals surface area contributed by atoms with Crippen LogP contribution in [0.4, 0.5) is 5.69 Å². The zero-order valence-electron chi connectivity index (χ0n) is 12.5. The lowest BCUT2D eigenvalue weighted by atomic mass is 9.95. The maximum absolute atomic E-state index is 5.49. The van der Waals surface area contributed by atoms with Crippen LogP contribution in [0.2, 0.25) is 0 Å². The van der Waals surface area contributed by atoms with E-state index in [4.69, 9.17) is 9.47 Å². The highest BCUT2D eigenvalue weighted by atomic mass is 16.5. The summed E-state index contributed by atoms with van der Waals surface area (Å²) in [6, 6.07) is 10.9. The van der Waals surface area contributed by atoms with Crippen LogP contribution in [0.25, 0.3) is 11.1 Å². The number of para-hydroxylation sites is 1. The van der Waals surface area contributed by atoms with Crippen molar-refractivity contribution in [2.24, 2.45) is 0 Å². The summed E-state index contributed by atoms with van der Waals surface area (Å²) >= 11 is 0. The normalized spacial score (nSPS) is 15.2. The van der Waals surface area contributed by atoms with E-state index in [1.807, 2.05) is 0 Å². The van der Waals surface area contributed by atoms with Gasteiger partial charge < -0.3 is 14.4 Å². The second kappa shape index (κ2) is 4.69. The average molecular weight is 281 g/mol. The van der Waals surface area contributed by atoms with E-state index in [2.05, 4.69) is 35.2 Å². The molecule has 3 nitrogen and oxygen atoms in total. The van der Waals surface area contributed by atoms with Gasteiger partial charge in [-0.3, -0.25) is 0 Å². The van der Waals surface area contributed by atoms with Gasteiger partial charge in [0.05, 0.1) is 14.2 Å². The van der Waals surface area contributed by atoms with Crippen LogP contribution in [0.3, 0.4) is 0 Å². The number of methoxy groups -OCH3 is 2. The predicted octanol–water partition coefficient (Wildman–Crippen LogP) is 3.29. The highest BCUT2D eigenvalue weighted by Gasteiger charge is 2.27. The molecule has 21 heavy (non-hydrogen) atoms. The van der Waals surface area contributed by atoms with Crippen molar-refractivity contribution in [2.45, 2.75) is 12.8 Å². The SMILES string of the molecule is COc1cc2c(cc1OC)-c1cccc3c1N(CC2)CC3. The van der Waals surface area contributed by atoms with Gasteiger partial charge in [0.1, 0.15) is 0 Å². The van der Waals surface area contributed by atoms with Gasteiger partial charge in [0.25, 0.3) is 0 Å². The Hall–Kier alpha value is -2.16. The van der Waals surface area contributed by atoms with Gasteiger partial charge in [-0.1, -0.05) is 18.2 Å². The summed E-state index contributed by atoms with van der Waals surface area (Å²) in [6.45, 7) is 2.21. The third-order valence-corrected chi connectivity index (χ3v) is 4.64. The second-order valence-corrected chi connectivity index (χ2v) is 5.66. The highest BCUT2D eigenvalue weighted by Crippen LogP contribution is 2.44. The van der Waals surface area contributed by atoms with Crippen LogP contribution >= 0.6 is 0 Å². The number of anilines is 1. The van der Waals surface area contributed by atoms with Gasteiger partial charge in [0.2, 0.25) is 0 Å². The van der Waals surface area contributed by atoms with Crippen LogP contribution in [0, 0.1) is 0 Å². The van der Waals surface area contributed by atoms with Crippen molar-refractivity contribution in [3.63, 3.8) is 0 Å². The van der Waals surface area contributed by atoms with E-state index in [1.54, 1.807) is 14.2 Å². The Morgan fingerprint density at radius 3 is 2.33 bits per heavy atom. The van der Waals surface area contributed by atoms with Crippen molar-refractivity contribution in [3.8, 4) is 22.6 Å². The van der Waals surface area contributed by atoms with Crippen molar-refractivity contribution in [3.05, 3.63) is 41.5 Å². The molecule has 0 saturated heterocycles. The molecule has 2 aromatic rings. The van der Waals surface area contributed by atoms with Gasteiger partial charge >= 0.3 is 0 Å². The second-order valence-electron chi connectivity index (χ2n) is 5.66. The zero-order chi connectivity index (χ0) is 14.4. The van der Waals surface area contributed by atoms with E-state index < -0.39 is 0 Å². The number of benzene rings is 2. The largest absolute Gasteiger partial charge is 0.493 e. The summed E-state index contributed by atoms with van der Waals surface area (Å²) in [5.41, 5.74) is 6.85. The van der Waals surface area contributed by atoms with E-state index in [9.17, 15) is 0 Å². The Balaban J connectivity index is 1.98. The fraction of sp³-hybridized carbons (Fsp3) is 0.333. The molecule has 2 aliphatic heterocycles. The molecule has 2 aliphatic rings. The van der Waals surface area contributed by atoms with Crippen molar-refractivity contribution in [2.75, 3.05) is 32.2 Å². The van der Waals surface area contributed by atoms with Crippen LogP contribution in [0.15, 0.2) is 30.3 Å². The first kappa shape index (κ1) is 12.6. The lowest BCUT2D eigenvalue weighted by Gasteiger charge is -2.18. The minimum Gasteiger partial charge on any atom is -0.493 e. The van der Waals surface area contributed by atoms with Gasteiger partial charge in [0.15, 0.2) is 11.5 Å². The molecule has 0 N–H and O–H groups in total. The molecule has 0 aliphatic carbocycles. The summed E-state index contributed by atoms with van der Waals surface area (Å²) in [7, 11) is 3.39. The Labute approximate surface area is 125 Å². The smallest absolute Gasteiger partial charge is 0.161 e. The fourth-order valence-electron chi connectivity index (χ4n) is 3.61. The lowest BCUT2D eigenvalue weighted by Crippen LogP contribution is -2.22. The monoisotopic (exact) mass is 281 g/mol. The van der Waals surface area contributed by atoms with Gasteiger partial charge in [-0.15, -0.1) is 0 Å². The van der Waals surface area contributed by atoms with E-state index in [-0.39, 0.29) is 0 Å². The first-order chi connectivity index (χ1) is 10.3. The summed E-state index contributed by atoms with van der Waals surface area (Å²) in [4.78, 5) is 2.52. The molecule has 0 radical (unpaired) electrons. The molecule has 4 rings (SSSR count). The molecule has 3 heteroatoms. The molecule has 108 valence electrons. The molecule has 0 bridgehead atoms. The van der Waals surface area contributed by atoms with Gasteiger partial charge in [-0.25, -0.2) is 0 Å². The first-order valence-corrected chi connectivity index (χ1v) is 7.44. The van der Waals surface area contributed by atoms with Crippen molar-refractivity contribution in [1.82, 2.24) is 0 Å². The van der Waals surface area contributed by atoms with Crippen molar-refractivity contribution >= 4 is 5.69 Å². The molecular formula is C18H19NO2. The van der Waals surface area contributed by atoms with Crippen LogP contribution in [0.5, 0.6) is 11.5 Å². The standard InChI is InChI=1S/C18H19NO2/c1-20-16-10-13-7-9-19-8-6-12-4-3-5-14(18(12)19)15(13)11-17(16)21-2/h3-5,10-11H,6-9H2,1-2H3.